The van der Waals surface area contributed by atoms with Crippen LogP contribution in [-0.2, 0) is 11.2 Å². The van der Waals surface area contributed by atoms with Crippen molar-refractivity contribution in [1.29, 1.82) is 0 Å². The molecule has 1 aliphatic heterocycles. The molecular formula is C18H19NO3S. The van der Waals surface area contributed by atoms with Crippen LogP contribution in [0.4, 0.5) is 0 Å². The van der Waals surface area contributed by atoms with E-state index in [1.54, 1.807) is 11.8 Å². The number of nitrogens with one attached hydrogen (secondary N) is 1. The molecule has 1 atom stereocenters. The molecule has 0 aliphatic carbocycles. The van der Waals surface area contributed by atoms with E-state index in [2.05, 4.69) is 5.32 Å². The van der Waals surface area contributed by atoms with E-state index in [1.165, 1.54) is 0 Å². The van der Waals surface area contributed by atoms with Gasteiger partial charge in [0, 0.05) is 11.4 Å². The highest BCUT2D eigenvalue weighted by Crippen LogP contribution is 2.32. The van der Waals surface area contributed by atoms with Crippen LogP contribution in [0.1, 0.15) is 12.5 Å². The van der Waals surface area contributed by atoms with Crippen molar-refractivity contribution >= 4 is 17.7 Å². The van der Waals surface area contributed by atoms with Crippen LogP contribution in [0.25, 0.3) is 0 Å². The van der Waals surface area contributed by atoms with Crippen molar-refractivity contribution in [2.24, 2.45) is 0 Å². The monoisotopic (exact) mass is 329 g/mol. The largest absolute Gasteiger partial charge is 0.454 e. The lowest BCUT2D eigenvalue weighted by Crippen LogP contribution is -2.32. The minimum atomic E-state index is -0.117. The Morgan fingerprint density at radius 3 is 2.78 bits per heavy atom. The van der Waals surface area contributed by atoms with Gasteiger partial charge in [-0.3, -0.25) is 4.79 Å². The van der Waals surface area contributed by atoms with Gasteiger partial charge < -0.3 is 14.8 Å². The van der Waals surface area contributed by atoms with Crippen LogP contribution >= 0.6 is 11.8 Å². The van der Waals surface area contributed by atoms with Crippen molar-refractivity contribution in [3.05, 3.63) is 54.1 Å². The molecule has 2 aromatic rings. The second-order valence-electron chi connectivity index (χ2n) is 5.30. The molecule has 23 heavy (non-hydrogen) atoms. The van der Waals surface area contributed by atoms with Crippen LogP contribution in [0, 0.1) is 0 Å². The van der Waals surface area contributed by atoms with E-state index in [9.17, 15) is 4.79 Å². The molecule has 3 rings (SSSR count). The first-order valence-electron chi connectivity index (χ1n) is 7.60. The van der Waals surface area contributed by atoms with Crippen LogP contribution in [0.3, 0.4) is 0 Å². The minimum absolute atomic E-state index is 0.0552. The minimum Gasteiger partial charge on any atom is -0.454 e. The molecule has 0 saturated carbocycles. The summed E-state index contributed by atoms with van der Waals surface area (Å²) in [7, 11) is 0. The maximum atomic E-state index is 12.1. The molecule has 5 heteroatoms. The number of ether oxygens (including phenoxy) is 2. The van der Waals surface area contributed by atoms with Gasteiger partial charge in [0.15, 0.2) is 11.5 Å². The van der Waals surface area contributed by atoms with Gasteiger partial charge in [0.25, 0.3) is 0 Å². The van der Waals surface area contributed by atoms with Gasteiger partial charge in [-0.15, -0.1) is 11.8 Å². The summed E-state index contributed by atoms with van der Waals surface area (Å²) in [6, 6.07) is 15.8. The number of carbonyl (C=O) groups is 1. The van der Waals surface area contributed by atoms with Gasteiger partial charge in [-0.05, 0) is 43.2 Å². The van der Waals surface area contributed by atoms with Crippen LogP contribution < -0.4 is 14.8 Å². The molecule has 0 aromatic heterocycles. The number of amides is 1. The van der Waals surface area contributed by atoms with E-state index in [1.807, 2.05) is 55.5 Å². The maximum Gasteiger partial charge on any atom is 0.233 e. The molecule has 2 aromatic carbocycles. The van der Waals surface area contributed by atoms with Crippen molar-refractivity contribution in [1.82, 2.24) is 5.32 Å². The SMILES string of the molecule is CC(Sc1ccccc1)C(=O)NCCc1ccc2c(c1)OCO2. The summed E-state index contributed by atoms with van der Waals surface area (Å²) in [5.74, 6) is 1.62. The van der Waals surface area contributed by atoms with E-state index in [4.69, 9.17) is 9.47 Å². The van der Waals surface area contributed by atoms with Crippen molar-refractivity contribution in [3.63, 3.8) is 0 Å². The van der Waals surface area contributed by atoms with Gasteiger partial charge in [-0.2, -0.15) is 0 Å². The lowest BCUT2D eigenvalue weighted by molar-refractivity contribution is -0.120. The molecule has 1 N–H and O–H groups in total. The summed E-state index contributed by atoms with van der Waals surface area (Å²) < 4.78 is 10.6. The number of hydrogen-bond acceptors (Lipinski definition) is 4. The summed E-state index contributed by atoms with van der Waals surface area (Å²) in [6.45, 7) is 2.81. The maximum absolute atomic E-state index is 12.1. The van der Waals surface area contributed by atoms with Gasteiger partial charge >= 0.3 is 0 Å². The molecular weight excluding hydrogens is 310 g/mol. The molecule has 0 radical (unpaired) electrons. The van der Waals surface area contributed by atoms with Crippen molar-refractivity contribution in [2.45, 2.75) is 23.5 Å². The number of thioether (sulfide) groups is 1. The first kappa shape index (κ1) is 15.7. The molecule has 1 unspecified atom stereocenters. The predicted octanol–water partition coefficient (Wildman–Crippen LogP) is 3.25. The average Bonchev–Trinajstić information content (AvgIpc) is 3.03. The van der Waals surface area contributed by atoms with Gasteiger partial charge in [0.1, 0.15) is 0 Å². The number of rotatable bonds is 6. The lowest BCUT2D eigenvalue weighted by Gasteiger charge is -2.12. The second kappa shape index (κ2) is 7.42. The third kappa shape index (κ3) is 4.20. The summed E-state index contributed by atoms with van der Waals surface area (Å²) in [5.41, 5.74) is 1.12. The number of hydrogen-bond donors (Lipinski definition) is 1. The molecule has 0 fully saturated rings. The van der Waals surface area contributed by atoms with E-state index >= 15 is 0 Å². The Hall–Kier alpha value is -2.14. The number of benzene rings is 2. The third-order valence-electron chi connectivity index (χ3n) is 3.58. The summed E-state index contributed by atoms with van der Waals surface area (Å²) in [5, 5.41) is 2.87. The highest BCUT2D eigenvalue weighted by atomic mass is 32.2. The molecule has 0 spiro atoms. The zero-order chi connectivity index (χ0) is 16.1. The predicted molar refractivity (Wildman–Crippen MR) is 91.0 cm³/mol. The fourth-order valence-electron chi connectivity index (χ4n) is 2.33. The van der Waals surface area contributed by atoms with Gasteiger partial charge in [0.2, 0.25) is 12.7 Å². The van der Waals surface area contributed by atoms with E-state index in [0.717, 1.165) is 28.4 Å². The number of fused-ring (bicyclic) bond motifs is 1. The standard InChI is InChI=1S/C18H19NO3S/c1-13(23-15-5-3-2-4-6-15)18(20)19-10-9-14-7-8-16-17(11-14)22-12-21-16/h2-8,11,13H,9-10,12H2,1H3,(H,19,20). The van der Waals surface area contributed by atoms with E-state index < -0.39 is 0 Å². The Labute approximate surface area is 140 Å². The zero-order valence-corrected chi connectivity index (χ0v) is 13.8. The molecule has 4 nitrogen and oxygen atoms in total. The van der Waals surface area contributed by atoms with Crippen LogP contribution in [-0.4, -0.2) is 24.5 Å². The molecule has 0 bridgehead atoms. The lowest BCUT2D eigenvalue weighted by atomic mass is 10.1. The van der Waals surface area contributed by atoms with Crippen LogP contribution in [0.5, 0.6) is 11.5 Å². The first-order chi connectivity index (χ1) is 11.2. The highest BCUT2D eigenvalue weighted by molar-refractivity contribution is 8.00. The summed E-state index contributed by atoms with van der Waals surface area (Å²) in [4.78, 5) is 13.3. The van der Waals surface area contributed by atoms with Crippen molar-refractivity contribution in [2.75, 3.05) is 13.3 Å². The Bertz CT molecular complexity index is 675. The fourth-order valence-corrected chi connectivity index (χ4v) is 3.24. The Morgan fingerprint density at radius 1 is 1.17 bits per heavy atom. The molecule has 120 valence electrons. The third-order valence-corrected chi connectivity index (χ3v) is 4.69. The summed E-state index contributed by atoms with van der Waals surface area (Å²) >= 11 is 1.57. The number of carbonyl (C=O) groups excluding carboxylic acids is 1. The fraction of sp³-hybridized carbons (Fsp3) is 0.278. The normalized spacial score (nSPS) is 13.6. The van der Waals surface area contributed by atoms with Gasteiger partial charge in [-0.25, -0.2) is 0 Å². The van der Waals surface area contributed by atoms with Crippen LogP contribution in [0.2, 0.25) is 0 Å². The van der Waals surface area contributed by atoms with Crippen molar-refractivity contribution < 1.29 is 14.3 Å². The summed E-state index contributed by atoms with van der Waals surface area (Å²) in [6.07, 6.45) is 0.769. The molecule has 1 amide bonds. The molecule has 1 heterocycles. The smallest absolute Gasteiger partial charge is 0.233 e. The van der Waals surface area contributed by atoms with E-state index in [0.29, 0.717) is 6.54 Å². The van der Waals surface area contributed by atoms with Crippen molar-refractivity contribution in [3.8, 4) is 11.5 Å². The highest BCUT2D eigenvalue weighted by Gasteiger charge is 2.15. The zero-order valence-electron chi connectivity index (χ0n) is 13.0. The Morgan fingerprint density at radius 2 is 1.96 bits per heavy atom. The Balaban J connectivity index is 1.45. The second-order valence-corrected chi connectivity index (χ2v) is 6.72. The Kier molecular flexibility index (Phi) is 5.08. The van der Waals surface area contributed by atoms with E-state index in [-0.39, 0.29) is 18.0 Å². The molecule has 0 saturated heterocycles. The van der Waals surface area contributed by atoms with Gasteiger partial charge in [-0.1, -0.05) is 24.3 Å². The topological polar surface area (TPSA) is 47.6 Å². The molecule has 1 aliphatic rings. The quantitative estimate of drug-likeness (QED) is 0.827. The average molecular weight is 329 g/mol. The van der Waals surface area contributed by atoms with Crippen LogP contribution in [0.15, 0.2) is 53.4 Å². The van der Waals surface area contributed by atoms with Gasteiger partial charge in [0.05, 0.1) is 5.25 Å². The first-order valence-corrected chi connectivity index (χ1v) is 8.48.